The van der Waals surface area contributed by atoms with Crippen LogP contribution in [0, 0.1) is 11.3 Å². The number of sulfone groups is 1. The third-order valence-corrected chi connectivity index (χ3v) is 1.98. The zero-order valence-electron chi connectivity index (χ0n) is 8.25. The summed E-state index contributed by atoms with van der Waals surface area (Å²) in [5.74, 6) is -2.39. The van der Waals surface area contributed by atoms with Crippen LogP contribution >= 0.6 is 0 Å². The summed E-state index contributed by atoms with van der Waals surface area (Å²) in [5.41, 5.74) is 0. The first kappa shape index (κ1) is 16.2. The van der Waals surface area contributed by atoms with Crippen molar-refractivity contribution in [2.45, 2.75) is 6.18 Å². The second-order valence-corrected chi connectivity index (χ2v) is 4.01. The maximum atomic E-state index is 11.7. The molecule has 4 nitrogen and oxygen atoms in total. The Morgan fingerprint density at radius 1 is 1.50 bits per heavy atom. The molecule has 0 aromatic carbocycles. The molecule has 9 heteroatoms. The average Bonchev–Trinajstić information content (AvgIpc) is 1.83. The third-order valence-electron chi connectivity index (χ3n) is 0.956. The molecule has 1 N–H and O–H groups in total. The summed E-state index contributed by atoms with van der Waals surface area (Å²) in [6.07, 6.45) is -4.83. The number of nitrogens with zero attached hydrogens (tertiary/aromatic N) is 1. The number of hydrogen-bond donors (Lipinski definition) is 1. The van der Waals surface area contributed by atoms with Crippen molar-refractivity contribution in [3.63, 3.8) is 0 Å². The molecule has 0 spiro atoms. The fraction of sp³-hybridized carbons (Fsp3) is 0.400. The number of aliphatic hydroxyl groups is 1. The Morgan fingerprint density at radius 2 is 1.86 bits per heavy atom. The molecule has 0 saturated heterocycles. The molecule has 0 unspecified atom stereocenters. The van der Waals surface area contributed by atoms with Gasteiger partial charge in [-0.05, 0) is 0 Å². The third kappa shape index (κ3) is 4.32. The van der Waals surface area contributed by atoms with Crippen molar-refractivity contribution in [3.05, 3.63) is 10.7 Å². The van der Waals surface area contributed by atoms with E-state index in [1.165, 1.54) is 0 Å². The molecule has 14 heavy (non-hydrogen) atoms. The van der Waals surface area contributed by atoms with Crippen LogP contribution in [0.1, 0.15) is 1.43 Å². The predicted molar refractivity (Wildman–Crippen MR) is 37.3 cm³/mol. The van der Waals surface area contributed by atoms with Gasteiger partial charge in [-0.3, -0.25) is 0 Å². The fourth-order valence-corrected chi connectivity index (χ4v) is 1.07. The summed E-state index contributed by atoms with van der Waals surface area (Å²) < 4.78 is 56.1. The van der Waals surface area contributed by atoms with E-state index in [1.807, 2.05) is 0 Å². The maximum Gasteiger partial charge on any atom is 1.00 e. The standard InChI is InChI=1S/C5H4F3NO3S.Na.H/c1-13(11,12)3(2-9)4(10)5(6,7)8;;/h10H,1H3;;/q;+1;-1. The molecular weight excluding hydrogens is 234 g/mol. The first-order valence-electron chi connectivity index (χ1n) is 2.71. The van der Waals surface area contributed by atoms with Gasteiger partial charge < -0.3 is 6.53 Å². The number of aliphatic hydroxyl groups excluding tert-OH is 1. The van der Waals surface area contributed by atoms with Gasteiger partial charge in [0.05, 0.1) is 0 Å². The SMILES string of the molecule is CS(=O)(=O)C(C#N)=C(O)C(F)(F)F.[H-].[Na+]. The number of halogens is 3. The van der Waals surface area contributed by atoms with E-state index in [-0.39, 0.29) is 31.0 Å². The Kier molecular flexibility index (Phi) is 5.81. The van der Waals surface area contributed by atoms with Gasteiger partial charge in [-0.1, -0.05) is 0 Å². The van der Waals surface area contributed by atoms with Gasteiger partial charge in [0, 0.05) is 6.26 Å². The largest absolute Gasteiger partial charge is 1.00 e. The van der Waals surface area contributed by atoms with E-state index in [9.17, 15) is 21.6 Å². The van der Waals surface area contributed by atoms with Crippen LogP contribution in [0.3, 0.4) is 0 Å². The molecule has 0 atom stereocenters. The van der Waals surface area contributed by atoms with Crippen molar-refractivity contribution in [2.75, 3.05) is 6.26 Å². The Bertz CT molecular complexity index is 383. The summed E-state index contributed by atoms with van der Waals surface area (Å²) in [6.45, 7) is 0. The molecule has 0 amide bonds. The van der Waals surface area contributed by atoms with Crippen LogP contribution in [0.2, 0.25) is 0 Å². The topological polar surface area (TPSA) is 78.2 Å². The van der Waals surface area contributed by atoms with Gasteiger partial charge in [-0.15, -0.1) is 0 Å². The van der Waals surface area contributed by atoms with E-state index >= 15 is 0 Å². The average molecular weight is 239 g/mol. The minimum Gasteiger partial charge on any atom is -1.00 e. The fourth-order valence-electron chi connectivity index (χ4n) is 0.440. The molecular formula is C5H5F3NNaO3S. The number of allylic oxidation sites excluding steroid dienone is 2. The van der Waals surface area contributed by atoms with Crippen molar-refractivity contribution < 1.29 is 57.7 Å². The van der Waals surface area contributed by atoms with Gasteiger partial charge in [0.25, 0.3) is 0 Å². The van der Waals surface area contributed by atoms with Gasteiger partial charge >= 0.3 is 35.7 Å². The number of nitriles is 1. The molecule has 0 aliphatic heterocycles. The maximum absolute atomic E-state index is 11.7. The van der Waals surface area contributed by atoms with Crippen LogP contribution in [-0.2, 0) is 9.84 Å². The molecule has 0 saturated carbocycles. The van der Waals surface area contributed by atoms with Crippen LogP contribution in [0.15, 0.2) is 10.7 Å². The van der Waals surface area contributed by atoms with Crippen LogP contribution in [0.5, 0.6) is 0 Å². The molecule has 0 heterocycles. The van der Waals surface area contributed by atoms with Gasteiger partial charge in [0.15, 0.2) is 14.7 Å². The second kappa shape index (κ2) is 5.02. The van der Waals surface area contributed by atoms with E-state index in [4.69, 9.17) is 10.4 Å². The smallest absolute Gasteiger partial charge is 1.00 e. The summed E-state index contributed by atoms with van der Waals surface area (Å²) in [5, 5.41) is 16.4. The van der Waals surface area contributed by atoms with E-state index in [0.717, 1.165) is 6.07 Å². The predicted octanol–water partition coefficient (Wildman–Crippen LogP) is -2.00. The normalized spacial score (nSPS) is 13.6. The van der Waals surface area contributed by atoms with E-state index in [0.29, 0.717) is 6.26 Å². The molecule has 76 valence electrons. The monoisotopic (exact) mass is 239 g/mol. The Balaban J connectivity index is -0.000000720. The zero-order valence-corrected chi connectivity index (χ0v) is 10.1. The van der Waals surface area contributed by atoms with E-state index < -0.39 is 26.7 Å². The quantitative estimate of drug-likeness (QED) is 0.326. The summed E-state index contributed by atoms with van der Waals surface area (Å²) in [4.78, 5) is -1.68. The zero-order chi connectivity index (χ0) is 10.9. The minimum absolute atomic E-state index is 0. The van der Waals surface area contributed by atoms with Crippen LogP contribution < -0.4 is 29.6 Å². The van der Waals surface area contributed by atoms with Crippen molar-refractivity contribution in [1.29, 1.82) is 5.26 Å². The van der Waals surface area contributed by atoms with Crippen molar-refractivity contribution in [1.82, 2.24) is 0 Å². The van der Waals surface area contributed by atoms with Gasteiger partial charge in [-0.2, -0.15) is 18.4 Å². The van der Waals surface area contributed by atoms with Gasteiger partial charge in [-0.25, -0.2) is 8.42 Å². The second-order valence-electron chi connectivity index (χ2n) is 2.06. The van der Waals surface area contributed by atoms with Crippen LogP contribution in [-0.4, -0.2) is 26.0 Å². The minimum atomic E-state index is -5.23. The van der Waals surface area contributed by atoms with Crippen LogP contribution in [0.4, 0.5) is 13.2 Å². The van der Waals surface area contributed by atoms with Crippen molar-refractivity contribution in [3.8, 4) is 6.07 Å². The van der Waals surface area contributed by atoms with Crippen molar-refractivity contribution >= 4 is 9.84 Å². The van der Waals surface area contributed by atoms with Crippen LogP contribution in [0.25, 0.3) is 0 Å². The number of hydrogen-bond acceptors (Lipinski definition) is 4. The molecule has 0 fully saturated rings. The summed E-state index contributed by atoms with van der Waals surface area (Å²) >= 11 is 0. The van der Waals surface area contributed by atoms with E-state index in [2.05, 4.69) is 0 Å². The molecule has 0 aliphatic rings. The summed E-state index contributed by atoms with van der Waals surface area (Å²) in [7, 11) is -4.35. The molecule has 0 bridgehead atoms. The Labute approximate surface area is 102 Å². The molecule has 0 rings (SSSR count). The Morgan fingerprint density at radius 3 is 1.93 bits per heavy atom. The van der Waals surface area contributed by atoms with E-state index in [1.54, 1.807) is 0 Å². The first-order chi connectivity index (χ1) is 5.60. The molecule has 0 radical (unpaired) electrons. The number of rotatable bonds is 1. The number of alkyl halides is 3. The van der Waals surface area contributed by atoms with Gasteiger partial charge in [0.2, 0.25) is 5.76 Å². The summed E-state index contributed by atoms with van der Waals surface area (Å²) in [6, 6.07) is 0.770. The molecule has 0 aliphatic carbocycles. The molecule has 0 aromatic rings. The van der Waals surface area contributed by atoms with Crippen molar-refractivity contribution in [2.24, 2.45) is 0 Å². The first-order valence-corrected chi connectivity index (χ1v) is 4.60. The Hall–Kier alpha value is -0.230. The molecule has 0 aromatic heterocycles. The van der Waals surface area contributed by atoms with Gasteiger partial charge in [0.1, 0.15) is 6.07 Å².